The summed E-state index contributed by atoms with van der Waals surface area (Å²) in [5.74, 6) is 0.322. The highest BCUT2D eigenvalue weighted by Gasteiger charge is 2.70. The van der Waals surface area contributed by atoms with Gasteiger partial charge in [-0.05, 0) is 52.1 Å². The standard InChI is InChI=1S/C29H32N2O4/c1-19-13-15-30-18-29(24(30)16-19)23-12-6-5-9-14-28(23,25(32)34-29)21-17-31(26(33)35-27(2,3)4)22-11-8-7-10-20(21)22/h5-12,14,17,19,24H,13,15-16,18H2,1-4H3/t19-,24-,28?,29+/m0/s1. The fraction of sp³-hybridized carbons (Fsp3) is 0.448. The number of piperidine rings is 1. The second-order valence-electron chi connectivity index (χ2n) is 11.4. The third-order valence-electron chi connectivity index (χ3n) is 7.99. The Morgan fingerprint density at radius 1 is 1.17 bits per heavy atom. The summed E-state index contributed by atoms with van der Waals surface area (Å²) >= 11 is 0. The SMILES string of the molecule is C[C@H]1CCN2C[C@]3(OC(=O)C4(c5cn(C(=O)OC(C)(C)C)c6ccccc56)C=CC=CC=C43)[C@@H]2C1. The van der Waals surface area contributed by atoms with Crippen molar-refractivity contribution in [3.63, 3.8) is 0 Å². The smallest absolute Gasteiger partial charge is 0.419 e. The van der Waals surface area contributed by atoms with Crippen molar-refractivity contribution in [3.05, 3.63) is 72.0 Å². The Labute approximate surface area is 205 Å². The van der Waals surface area contributed by atoms with Crippen LogP contribution in [0.4, 0.5) is 4.79 Å². The molecule has 3 saturated heterocycles. The number of para-hydroxylation sites is 1. The van der Waals surface area contributed by atoms with Crippen molar-refractivity contribution in [2.24, 2.45) is 5.92 Å². The summed E-state index contributed by atoms with van der Waals surface area (Å²) in [5.41, 5.74) is 0.0769. The van der Waals surface area contributed by atoms with E-state index in [9.17, 15) is 9.59 Å². The summed E-state index contributed by atoms with van der Waals surface area (Å²) < 4.78 is 13.6. The maximum atomic E-state index is 14.0. The monoisotopic (exact) mass is 472 g/mol. The fourth-order valence-electron chi connectivity index (χ4n) is 6.42. The number of esters is 1. The van der Waals surface area contributed by atoms with Gasteiger partial charge in [-0.15, -0.1) is 0 Å². The second-order valence-corrected chi connectivity index (χ2v) is 11.4. The number of ether oxygens (including phenoxy) is 2. The lowest BCUT2D eigenvalue weighted by Crippen LogP contribution is -2.72. The zero-order valence-electron chi connectivity index (χ0n) is 20.8. The minimum Gasteiger partial charge on any atom is -0.450 e. The predicted octanol–water partition coefficient (Wildman–Crippen LogP) is 5.12. The molecule has 0 amide bonds. The lowest BCUT2D eigenvalue weighted by Gasteiger charge is -2.58. The average Bonchev–Trinajstić information content (AvgIpc) is 3.19. The first-order valence-electron chi connectivity index (χ1n) is 12.5. The number of fused-ring (bicyclic) bond motifs is 5. The van der Waals surface area contributed by atoms with Gasteiger partial charge in [0.1, 0.15) is 11.0 Å². The molecule has 1 aromatic carbocycles. The van der Waals surface area contributed by atoms with Crippen LogP contribution < -0.4 is 0 Å². The largest absolute Gasteiger partial charge is 0.450 e. The van der Waals surface area contributed by atoms with E-state index in [2.05, 4.69) is 17.9 Å². The summed E-state index contributed by atoms with van der Waals surface area (Å²) in [5, 5.41) is 0.845. The molecular weight excluding hydrogens is 440 g/mol. The molecule has 6 nitrogen and oxygen atoms in total. The van der Waals surface area contributed by atoms with Gasteiger partial charge in [-0.25, -0.2) is 4.79 Å². The second kappa shape index (κ2) is 7.44. The number of nitrogens with zero attached hydrogens (tertiary/aromatic N) is 2. The topological polar surface area (TPSA) is 60.8 Å². The molecule has 0 saturated carbocycles. The molecule has 4 atom stereocenters. The highest BCUT2D eigenvalue weighted by atomic mass is 16.6. The highest BCUT2D eigenvalue weighted by molar-refractivity contribution is 6.03. The van der Waals surface area contributed by atoms with Crippen molar-refractivity contribution in [1.82, 2.24) is 9.47 Å². The molecule has 4 heterocycles. The Kier molecular flexibility index (Phi) is 4.75. The van der Waals surface area contributed by atoms with Gasteiger partial charge in [0.05, 0.1) is 11.6 Å². The molecule has 1 aromatic heterocycles. The molecule has 3 aliphatic heterocycles. The molecule has 6 rings (SSSR count). The Morgan fingerprint density at radius 2 is 1.97 bits per heavy atom. The number of hydrogen-bond donors (Lipinski definition) is 0. The first kappa shape index (κ1) is 22.4. The number of carbonyl (C=O) groups is 2. The number of carbonyl (C=O) groups excluding carboxylic acids is 2. The van der Waals surface area contributed by atoms with Crippen molar-refractivity contribution in [2.45, 2.75) is 63.2 Å². The van der Waals surface area contributed by atoms with Crippen molar-refractivity contribution in [3.8, 4) is 0 Å². The van der Waals surface area contributed by atoms with Gasteiger partial charge in [0, 0.05) is 29.3 Å². The first-order chi connectivity index (χ1) is 16.7. The zero-order valence-corrected chi connectivity index (χ0v) is 20.8. The van der Waals surface area contributed by atoms with E-state index in [1.165, 1.54) is 11.0 Å². The van der Waals surface area contributed by atoms with E-state index in [4.69, 9.17) is 9.47 Å². The van der Waals surface area contributed by atoms with Gasteiger partial charge in [-0.3, -0.25) is 14.3 Å². The van der Waals surface area contributed by atoms with E-state index in [1.807, 2.05) is 69.3 Å². The van der Waals surface area contributed by atoms with E-state index in [1.54, 1.807) is 6.20 Å². The number of hydrogen-bond acceptors (Lipinski definition) is 5. The van der Waals surface area contributed by atoms with Crippen LogP contribution in [0, 0.1) is 5.92 Å². The molecule has 182 valence electrons. The van der Waals surface area contributed by atoms with Crippen LogP contribution in [0.25, 0.3) is 10.9 Å². The van der Waals surface area contributed by atoms with Gasteiger partial charge < -0.3 is 9.47 Å². The van der Waals surface area contributed by atoms with Crippen molar-refractivity contribution < 1.29 is 19.1 Å². The lowest BCUT2D eigenvalue weighted by molar-refractivity contribution is -0.182. The Bertz CT molecular complexity index is 1330. The molecule has 4 aliphatic rings. The van der Waals surface area contributed by atoms with Gasteiger partial charge in [0.25, 0.3) is 0 Å². The van der Waals surface area contributed by atoms with Crippen LogP contribution in [-0.2, 0) is 19.7 Å². The van der Waals surface area contributed by atoms with Crippen LogP contribution in [0.5, 0.6) is 0 Å². The molecule has 0 radical (unpaired) electrons. The van der Waals surface area contributed by atoms with E-state index >= 15 is 0 Å². The summed E-state index contributed by atoms with van der Waals surface area (Å²) in [6, 6.07) is 7.88. The predicted molar refractivity (Wildman–Crippen MR) is 134 cm³/mol. The number of aromatic nitrogens is 1. The minimum absolute atomic E-state index is 0.183. The van der Waals surface area contributed by atoms with Gasteiger partial charge in [-0.2, -0.15) is 0 Å². The molecule has 6 heteroatoms. The van der Waals surface area contributed by atoms with Gasteiger partial charge in [0.2, 0.25) is 0 Å². The minimum atomic E-state index is -1.09. The third-order valence-corrected chi connectivity index (χ3v) is 7.99. The Balaban J connectivity index is 1.53. The van der Waals surface area contributed by atoms with Crippen LogP contribution in [0.2, 0.25) is 0 Å². The lowest BCUT2D eigenvalue weighted by atomic mass is 9.63. The van der Waals surface area contributed by atoms with Crippen molar-refractivity contribution >= 4 is 23.0 Å². The number of benzene rings is 1. The van der Waals surface area contributed by atoms with E-state index in [-0.39, 0.29) is 12.0 Å². The Hall–Kier alpha value is -3.12. The number of rotatable bonds is 1. The van der Waals surface area contributed by atoms with Crippen LogP contribution in [0.1, 0.15) is 46.1 Å². The molecule has 0 N–H and O–H groups in total. The average molecular weight is 473 g/mol. The highest BCUT2D eigenvalue weighted by Crippen LogP contribution is 2.58. The fourth-order valence-corrected chi connectivity index (χ4v) is 6.42. The molecule has 0 bridgehead atoms. The van der Waals surface area contributed by atoms with Crippen LogP contribution in [-0.4, -0.2) is 51.9 Å². The normalized spacial score (nSPS) is 32.0. The zero-order chi connectivity index (χ0) is 24.6. The third kappa shape index (κ3) is 3.12. The maximum absolute atomic E-state index is 14.0. The molecule has 1 aliphatic carbocycles. The van der Waals surface area contributed by atoms with Crippen LogP contribution in [0.3, 0.4) is 0 Å². The maximum Gasteiger partial charge on any atom is 0.419 e. The molecule has 2 aromatic rings. The summed E-state index contributed by atoms with van der Waals surface area (Å²) in [6.45, 7) is 9.58. The number of allylic oxidation sites excluding steroid dienone is 4. The molecule has 3 fully saturated rings. The van der Waals surface area contributed by atoms with Gasteiger partial charge >= 0.3 is 12.1 Å². The van der Waals surface area contributed by atoms with Gasteiger partial charge in [-0.1, -0.05) is 55.5 Å². The van der Waals surface area contributed by atoms with E-state index < -0.39 is 22.7 Å². The summed E-state index contributed by atoms with van der Waals surface area (Å²) in [7, 11) is 0. The molecule has 1 unspecified atom stereocenters. The quantitative estimate of drug-likeness (QED) is 0.539. The summed E-state index contributed by atoms with van der Waals surface area (Å²) in [6.07, 6.45) is 13.4. The molecule has 35 heavy (non-hydrogen) atoms. The van der Waals surface area contributed by atoms with E-state index in [0.29, 0.717) is 11.4 Å². The van der Waals surface area contributed by atoms with E-state index in [0.717, 1.165) is 36.0 Å². The van der Waals surface area contributed by atoms with Gasteiger partial charge in [0.15, 0.2) is 5.60 Å². The molecular formula is C29H32N2O4. The molecule has 1 spiro atoms. The first-order valence-corrected chi connectivity index (χ1v) is 12.5. The van der Waals surface area contributed by atoms with Crippen LogP contribution in [0.15, 0.2) is 66.4 Å². The van der Waals surface area contributed by atoms with Crippen molar-refractivity contribution in [2.75, 3.05) is 13.1 Å². The van der Waals surface area contributed by atoms with Crippen LogP contribution >= 0.6 is 0 Å². The summed E-state index contributed by atoms with van der Waals surface area (Å²) in [4.78, 5) is 29.7. The van der Waals surface area contributed by atoms with Crippen molar-refractivity contribution in [1.29, 1.82) is 0 Å². The Morgan fingerprint density at radius 3 is 2.77 bits per heavy atom.